The van der Waals surface area contributed by atoms with E-state index in [1.807, 2.05) is 11.0 Å². The second-order valence-electron chi connectivity index (χ2n) is 8.60. The Bertz CT molecular complexity index is 923. The average molecular weight is 398 g/mol. The molecule has 2 aliphatic heterocycles. The van der Waals surface area contributed by atoms with Crippen LogP contribution in [0.4, 0.5) is 0 Å². The first kappa shape index (κ1) is 19.9. The smallest absolute Gasteiger partial charge is 0.219 e. The van der Waals surface area contributed by atoms with E-state index >= 15 is 0 Å². The van der Waals surface area contributed by atoms with E-state index in [2.05, 4.69) is 39.9 Å². The number of likely N-dealkylation sites (tertiary alicyclic amines) is 2. The summed E-state index contributed by atoms with van der Waals surface area (Å²) < 4.78 is 2.32. The van der Waals surface area contributed by atoms with Gasteiger partial charge in [0.15, 0.2) is 0 Å². The minimum absolute atomic E-state index is 0.0273. The number of rotatable bonds is 5. The van der Waals surface area contributed by atoms with E-state index < -0.39 is 0 Å². The van der Waals surface area contributed by atoms with Crippen LogP contribution in [0.15, 0.2) is 24.3 Å². The van der Waals surface area contributed by atoms with Gasteiger partial charge in [-0.1, -0.05) is 19.1 Å². The summed E-state index contributed by atoms with van der Waals surface area (Å²) in [6, 6.07) is 8.29. The van der Waals surface area contributed by atoms with Gasteiger partial charge in [0.05, 0.1) is 23.1 Å². The molecule has 2 aliphatic rings. The van der Waals surface area contributed by atoms with Crippen LogP contribution in [0.25, 0.3) is 11.0 Å². The Morgan fingerprint density at radius 1 is 1.24 bits per heavy atom. The summed E-state index contributed by atoms with van der Waals surface area (Å²) in [6.45, 7) is 10.1. The maximum absolute atomic E-state index is 12.0. The van der Waals surface area contributed by atoms with Crippen LogP contribution < -0.4 is 5.32 Å². The number of nitrogens with one attached hydrogen (secondary N) is 1. The second kappa shape index (κ2) is 7.78. The highest BCUT2D eigenvalue weighted by molar-refractivity contribution is 5.77. The Labute approximate surface area is 172 Å². The summed E-state index contributed by atoms with van der Waals surface area (Å²) in [4.78, 5) is 33.2. The highest BCUT2D eigenvalue weighted by Crippen LogP contribution is 2.36. The number of hydrogen-bond acceptors (Lipinski definition) is 4. The molecule has 2 aromatic rings. The first-order chi connectivity index (χ1) is 13.9. The van der Waals surface area contributed by atoms with Crippen LogP contribution in [0.1, 0.15) is 39.4 Å². The molecule has 0 aliphatic carbocycles. The van der Waals surface area contributed by atoms with Crippen LogP contribution in [-0.4, -0.2) is 62.9 Å². The van der Waals surface area contributed by atoms with Gasteiger partial charge in [-0.15, -0.1) is 0 Å². The molecule has 156 valence electrons. The third-order valence-electron chi connectivity index (χ3n) is 6.41. The number of imidazole rings is 1. The first-order valence-electron chi connectivity index (χ1n) is 10.6. The van der Waals surface area contributed by atoms with Crippen molar-refractivity contribution in [3.8, 4) is 0 Å². The van der Waals surface area contributed by atoms with Gasteiger partial charge in [-0.25, -0.2) is 4.98 Å². The normalized spacial score (nSPS) is 24.7. The number of amides is 2. The predicted octanol–water partition coefficient (Wildman–Crippen LogP) is 2.01. The fourth-order valence-electron chi connectivity index (χ4n) is 5.16. The SMILES string of the molecule is CCCn1c(CN2CC[C@@H]3CN(C(C)=O)C[C@]3(NC(C)=O)C2)nc2ccccc21. The summed E-state index contributed by atoms with van der Waals surface area (Å²) in [6.07, 6.45) is 2.02. The Hall–Kier alpha value is -2.41. The van der Waals surface area contributed by atoms with E-state index in [4.69, 9.17) is 4.98 Å². The monoisotopic (exact) mass is 397 g/mol. The van der Waals surface area contributed by atoms with E-state index in [-0.39, 0.29) is 17.4 Å². The van der Waals surface area contributed by atoms with Gasteiger partial charge in [-0.2, -0.15) is 0 Å². The van der Waals surface area contributed by atoms with Crippen LogP contribution in [0.5, 0.6) is 0 Å². The lowest BCUT2D eigenvalue weighted by molar-refractivity contribution is -0.128. The van der Waals surface area contributed by atoms with Gasteiger partial charge in [0.25, 0.3) is 0 Å². The molecule has 7 nitrogen and oxygen atoms in total. The van der Waals surface area contributed by atoms with E-state index in [0.29, 0.717) is 12.5 Å². The van der Waals surface area contributed by atoms with Gasteiger partial charge in [0, 0.05) is 45.9 Å². The van der Waals surface area contributed by atoms with E-state index in [1.165, 1.54) is 5.52 Å². The van der Waals surface area contributed by atoms with Gasteiger partial charge in [-0.3, -0.25) is 14.5 Å². The minimum Gasteiger partial charge on any atom is -0.347 e. The zero-order chi connectivity index (χ0) is 20.6. The molecule has 0 unspecified atom stereocenters. The highest BCUT2D eigenvalue weighted by atomic mass is 16.2. The molecule has 2 amide bonds. The van der Waals surface area contributed by atoms with Crippen molar-refractivity contribution >= 4 is 22.8 Å². The van der Waals surface area contributed by atoms with Crippen LogP contribution in [0, 0.1) is 5.92 Å². The number of benzene rings is 1. The van der Waals surface area contributed by atoms with Crippen molar-refractivity contribution in [2.45, 2.75) is 52.2 Å². The highest BCUT2D eigenvalue weighted by Gasteiger charge is 2.51. The summed E-state index contributed by atoms with van der Waals surface area (Å²) >= 11 is 0. The number of fused-ring (bicyclic) bond motifs is 2. The van der Waals surface area contributed by atoms with Gasteiger partial charge in [-0.05, 0) is 31.5 Å². The molecule has 1 N–H and O–H groups in total. The van der Waals surface area contributed by atoms with E-state index in [0.717, 1.165) is 56.9 Å². The standard InChI is InChI=1S/C22H31N5O2/c1-4-10-27-20-8-6-5-7-19(20)23-21(27)13-25-11-9-18-12-26(17(3)29)15-22(18,14-25)24-16(2)28/h5-8,18H,4,9-15H2,1-3H3,(H,24,28)/t18-,22-/m1/s1. The number of para-hydroxylation sites is 2. The zero-order valence-corrected chi connectivity index (χ0v) is 17.6. The topological polar surface area (TPSA) is 70.5 Å². The molecular weight excluding hydrogens is 366 g/mol. The molecule has 4 rings (SSSR count). The summed E-state index contributed by atoms with van der Waals surface area (Å²) in [5, 5.41) is 3.22. The van der Waals surface area contributed by atoms with Crippen molar-refractivity contribution in [1.29, 1.82) is 0 Å². The first-order valence-corrected chi connectivity index (χ1v) is 10.6. The summed E-state index contributed by atoms with van der Waals surface area (Å²) in [5.74, 6) is 1.44. The minimum atomic E-state index is -0.364. The number of hydrogen-bond donors (Lipinski definition) is 1. The molecule has 0 spiro atoms. The number of aryl methyl sites for hydroxylation is 1. The van der Waals surface area contributed by atoms with Crippen molar-refractivity contribution in [3.05, 3.63) is 30.1 Å². The van der Waals surface area contributed by atoms with Crippen molar-refractivity contribution in [2.75, 3.05) is 26.2 Å². The lowest BCUT2D eigenvalue weighted by Crippen LogP contribution is -2.63. The Morgan fingerprint density at radius 2 is 2.03 bits per heavy atom. The molecule has 1 aromatic heterocycles. The number of piperidine rings is 1. The van der Waals surface area contributed by atoms with Gasteiger partial charge in [0.2, 0.25) is 11.8 Å². The third-order valence-corrected chi connectivity index (χ3v) is 6.41. The van der Waals surface area contributed by atoms with Crippen molar-refractivity contribution < 1.29 is 9.59 Å². The predicted molar refractivity (Wildman–Crippen MR) is 112 cm³/mol. The molecule has 0 saturated carbocycles. The Morgan fingerprint density at radius 3 is 2.76 bits per heavy atom. The largest absolute Gasteiger partial charge is 0.347 e. The Balaban J connectivity index is 1.59. The molecule has 1 aromatic carbocycles. The number of aromatic nitrogens is 2. The number of carbonyl (C=O) groups is 2. The van der Waals surface area contributed by atoms with Crippen LogP contribution in [0.3, 0.4) is 0 Å². The maximum Gasteiger partial charge on any atom is 0.219 e. The van der Waals surface area contributed by atoms with E-state index in [1.54, 1.807) is 13.8 Å². The molecule has 3 heterocycles. The molecule has 29 heavy (non-hydrogen) atoms. The van der Waals surface area contributed by atoms with Crippen molar-refractivity contribution in [2.24, 2.45) is 5.92 Å². The maximum atomic E-state index is 12.0. The molecule has 2 fully saturated rings. The zero-order valence-electron chi connectivity index (χ0n) is 17.6. The molecule has 2 saturated heterocycles. The average Bonchev–Trinajstić information content (AvgIpc) is 3.20. The van der Waals surface area contributed by atoms with Crippen molar-refractivity contribution in [1.82, 2.24) is 24.7 Å². The van der Waals surface area contributed by atoms with Gasteiger partial charge in [0.1, 0.15) is 5.82 Å². The number of carbonyl (C=O) groups excluding carboxylic acids is 2. The molecule has 0 radical (unpaired) electrons. The van der Waals surface area contributed by atoms with E-state index in [9.17, 15) is 9.59 Å². The van der Waals surface area contributed by atoms with Gasteiger partial charge >= 0.3 is 0 Å². The summed E-state index contributed by atoms with van der Waals surface area (Å²) in [5.41, 5.74) is 1.85. The molecule has 7 heteroatoms. The lowest BCUT2D eigenvalue weighted by Gasteiger charge is -2.44. The molecular formula is C22H31N5O2. The fraction of sp³-hybridized carbons (Fsp3) is 0.591. The van der Waals surface area contributed by atoms with Gasteiger partial charge < -0.3 is 14.8 Å². The molecule has 0 bridgehead atoms. The van der Waals surface area contributed by atoms with Crippen LogP contribution in [0.2, 0.25) is 0 Å². The Kier molecular flexibility index (Phi) is 5.34. The lowest BCUT2D eigenvalue weighted by atomic mass is 9.81. The quantitative estimate of drug-likeness (QED) is 0.838. The van der Waals surface area contributed by atoms with Crippen LogP contribution in [-0.2, 0) is 22.7 Å². The molecule has 2 atom stereocenters. The van der Waals surface area contributed by atoms with Crippen molar-refractivity contribution in [3.63, 3.8) is 0 Å². The number of nitrogens with zero attached hydrogens (tertiary/aromatic N) is 4. The fourth-order valence-corrected chi connectivity index (χ4v) is 5.16. The van der Waals surface area contributed by atoms with Crippen LogP contribution >= 0.6 is 0 Å². The second-order valence-corrected chi connectivity index (χ2v) is 8.60. The third kappa shape index (κ3) is 3.75. The summed E-state index contributed by atoms with van der Waals surface area (Å²) in [7, 11) is 0.